The Hall–Kier alpha value is -1.72. The molecule has 1 aromatic rings. The molecule has 0 fully saturated rings. The third-order valence-corrected chi connectivity index (χ3v) is 1.77. The van der Waals surface area contributed by atoms with Gasteiger partial charge in [-0.25, -0.2) is 16.8 Å². The van der Waals surface area contributed by atoms with Gasteiger partial charge in [-0.3, -0.25) is 9.59 Å². The number of hydrogen-bond donors (Lipinski definition) is 2. The van der Waals surface area contributed by atoms with E-state index >= 15 is 0 Å². The summed E-state index contributed by atoms with van der Waals surface area (Å²) in [5.74, 6) is 9.57. The number of hydrogen-bond acceptors (Lipinski definition) is 4. The summed E-state index contributed by atoms with van der Waals surface area (Å²) in [6, 6.07) is 6.12. The summed E-state index contributed by atoms with van der Waals surface area (Å²) in [5.41, 5.74) is 0.891. The fourth-order valence-corrected chi connectivity index (χ4v) is 0.997. The smallest absolute Gasteiger partial charge is 0.282 e. The molecule has 0 saturated heterocycles. The predicted octanol–water partition coefficient (Wildman–Crippen LogP) is 0.0788. The Morgan fingerprint density at radius 1 is 1.07 bits per heavy atom. The molecule has 0 aromatic heterocycles. The Bertz CT molecular complexity index is 357. The van der Waals surface area contributed by atoms with Crippen LogP contribution in [0.5, 0.6) is 0 Å². The third-order valence-electron chi connectivity index (χ3n) is 1.77. The van der Waals surface area contributed by atoms with Crippen molar-refractivity contribution in [2.75, 3.05) is 0 Å². The minimum Gasteiger partial charge on any atom is -0.295 e. The molecule has 0 atom stereocenters. The highest BCUT2D eigenvalue weighted by molar-refractivity contribution is 5.97. The number of amides is 1. The van der Waals surface area contributed by atoms with Crippen molar-refractivity contribution < 1.29 is 9.59 Å². The van der Waals surface area contributed by atoms with E-state index in [1.165, 1.54) is 19.1 Å². The molecule has 1 rings (SSSR count). The number of nitrogens with zero attached hydrogens (tertiary/aromatic N) is 1. The number of carbonyl (C=O) groups excluding carboxylic acids is 2. The average molecular weight is 193 g/mol. The lowest BCUT2D eigenvalue weighted by Gasteiger charge is -2.08. The molecule has 0 spiro atoms. The Morgan fingerprint density at radius 2 is 1.50 bits per heavy atom. The largest absolute Gasteiger partial charge is 0.295 e. The number of nitrogens with two attached hydrogens (primary N) is 2. The Morgan fingerprint density at radius 3 is 1.86 bits per heavy atom. The van der Waals surface area contributed by atoms with Gasteiger partial charge < -0.3 is 0 Å². The highest BCUT2D eigenvalue weighted by Crippen LogP contribution is 2.05. The monoisotopic (exact) mass is 193 g/mol. The molecule has 0 aliphatic rings. The lowest BCUT2D eigenvalue weighted by Crippen LogP contribution is -2.43. The van der Waals surface area contributed by atoms with Crippen LogP contribution in [0.1, 0.15) is 27.6 Å². The van der Waals surface area contributed by atoms with Gasteiger partial charge in [0.25, 0.3) is 5.91 Å². The molecule has 4 N–H and O–H groups in total. The predicted molar refractivity (Wildman–Crippen MR) is 51.0 cm³/mol. The molecule has 0 unspecified atom stereocenters. The minimum absolute atomic E-state index is 0.0543. The van der Waals surface area contributed by atoms with Crippen molar-refractivity contribution in [3.8, 4) is 0 Å². The molecule has 74 valence electrons. The van der Waals surface area contributed by atoms with E-state index < -0.39 is 5.91 Å². The van der Waals surface area contributed by atoms with Gasteiger partial charge in [0.2, 0.25) is 0 Å². The van der Waals surface area contributed by atoms with Crippen LogP contribution in [0.15, 0.2) is 24.3 Å². The highest BCUT2D eigenvalue weighted by Gasteiger charge is 2.08. The minimum atomic E-state index is -0.500. The average Bonchev–Trinajstić information content (AvgIpc) is 2.16. The summed E-state index contributed by atoms with van der Waals surface area (Å²) >= 11 is 0. The lowest BCUT2D eigenvalue weighted by atomic mass is 10.1. The molecule has 5 heteroatoms. The van der Waals surface area contributed by atoms with Crippen molar-refractivity contribution in [2.24, 2.45) is 11.7 Å². The fourth-order valence-electron chi connectivity index (χ4n) is 0.997. The molecule has 0 saturated carbocycles. The quantitative estimate of drug-likeness (QED) is 0.301. The van der Waals surface area contributed by atoms with Crippen LogP contribution in [-0.4, -0.2) is 16.8 Å². The molecule has 14 heavy (non-hydrogen) atoms. The first-order valence-electron chi connectivity index (χ1n) is 3.97. The number of Topliss-reactive ketones (excluding diaryl/α,β-unsaturated/α-hetero) is 1. The molecular weight excluding hydrogens is 182 g/mol. The highest BCUT2D eigenvalue weighted by atomic mass is 16.2. The van der Waals surface area contributed by atoms with E-state index in [9.17, 15) is 9.59 Å². The lowest BCUT2D eigenvalue weighted by molar-refractivity contribution is 0.0755. The molecule has 0 heterocycles. The summed E-state index contributed by atoms with van der Waals surface area (Å²) < 4.78 is 0. The first-order valence-corrected chi connectivity index (χ1v) is 3.97. The first-order chi connectivity index (χ1) is 6.52. The second-order valence-corrected chi connectivity index (χ2v) is 2.85. The Kier molecular flexibility index (Phi) is 2.95. The van der Waals surface area contributed by atoms with Crippen molar-refractivity contribution in [3.05, 3.63) is 35.4 Å². The Labute approximate surface area is 81.2 Å². The second-order valence-electron chi connectivity index (χ2n) is 2.85. The van der Waals surface area contributed by atoms with Crippen molar-refractivity contribution in [3.63, 3.8) is 0 Å². The number of rotatable bonds is 2. The zero-order valence-electron chi connectivity index (χ0n) is 7.73. The normalized spacial score (nSPS) is 9.64. The van der Waals surface area contributed by atoms with E-state index in [0.717, 1.165) is 0 Å². The maximum absolute atomic E-state index is 11.2. The number of benzene rings is 1. The van der Waals surface area contributed by atoms with Crippen LogP contribution in [0.4, 0.5) is 0 Å². The van der Waals surface area contributed by atoms with Gasteiger partial charge in [0.15, 0.2) is 5.78 Å². The van der Waals surface area contributed by atoms with Crippen LogP contribution in [0.25, 0.3) is 0 Å². The fraction of sp³-hybridized carbons (Fsp3) is 0.111. The summed E-state index contributed by atoms with van der Waals surface area (Å²) in [5, 5.41) is 0.503. The van der Waals surface area contributed by atoms with E-state index in [1.807, 2.05) is 0 Å². The first kappa shape index (κ1) is 10.4. The SMILES string of the molecule is CC(=O)c1ccc(C(=O)N(N)N)cc1. The van der Waals surface area contributed by atoms with E-state index in [2.05, 4.69) is 0 Å². The van der Waals surface area contributed by atoms with Crippen molar-refractivity contribution in [1.29, 1.82) is 0 Å². The van der Waals surface area contributed by atoms with Crippen molar-refractivity contribution >= 4 is 11.7 Å². The maximum Gasteiger partial charge on any atom is 0.282 e. The molecule has 0 bridgehead atoms. The van der Waals surface area contributed by atoms with Crippen LogP contribution in [0, 0.1) is 0 Å². The van der Waals surface area contributed by atoms with E-state index in [4.69, 9.17) is 11.7 Å². The van der Waals surface area contributed by atoms with E-state index in [-0.39, 0.29) is 5.78 Å². The van der Waals surface area contributed by atoms with Gasteiger partial charge in [0.1, 0.15) is 0 Å². The molecule has 0 aliphatic carbocycles. The van der Waals surface area contributed by atoms with Crippen LogP contribution in [-0.2, 0) is 0 Å². The second kappa shape index (κ2) is 3.99. The van der Waals surface area contributed by atoms with Crippen LogP contribution in [0.3, 0.4) is 0 Å². The van der Waals surface area contributed by atoms with Crippen LogP contribution in [0.2, 0.25) is 0 Å². The van der Waals surface area contributed by atoms with Crippen LogP contribution >= 0.6 is 0 Å². The summed E-state index contributed by atoms with van der Waals surface area (Å²) in [6.45, 7) is 1.45. The zero-order chi connectivity index (χ0) is 10.7. The number of hydrazine groups is 2. The number of ketones is 1. The van der Waals surface area contributed by atoms with Gasteiger partial charge in [0, 0.05) is 11.1 Å². The number of carbonyl (C=O) groups is 2. The summed E-state index contributed by atoms with van der Waals surface area (Å²) in [6.07, 6.45) is 0. The van der Waals surface area contributed by atoms with Gasteiger partial charge in [0.05, 0.1) is 0 Å². The molecule has 5 nitrogen and oxygen atoms in total. The van der Waals surface area contributed by atoms with Gasteiger partial charge in [-0.15, -0.1) is 0 Å². The summed E-state index contributed by atoms with van der Waals surface area (Å²) in [7, 11) is 0. The molecule has 1 amide bonds. The molecule has 0 aliphatic heterocycles. The van der Waals surface area contributed by atoms with E-state index in [1.54, 1.807) is 12.1 Å². The zero-order valence-corrected chi connectivity index (χ0v) is 7.73. The Balaban J connectivity index is 2.94. The van der Waals surface area contributed by atoms with Crippen molar-refractivity contribution in [2.45, 2.75) is 6.92 Å². The van der Waals surface area contributed by atoms with Gasteiger partial charge in [-0.1, -0.05) is 12.1 Å². The standard InChI is InChI=1S/C9H11N3O2/c1-6(13)7-2-4-8(5-3-7)9(14)12(10)11/h2-5H,10-11H2,1H3. The summed E-state index contributed by atoms with van der Waals surface area (Å²) in [4.78, 5) is 22.1. The molecular formula is C9H11N3O2. The van der Waals surface area contributed by atoms with Gasteiger partial charge in [-0.2, -0.15) is 0 Å². The maximum atomic E-state index is 11.2. The van der Waals surface area contributed by atoms with Crippen LogP contribution < -0.4 is 11.7 Å². The van der Waals surface area contributed by atoms with Crippen molar-refractivity contribution in [1.82, 2.24) is 5.12 Å². The van der Waals surface area contributed by atoms with E-state index in [0.29, 0.717) is 16.2 Å². The van der Waals surface area contributed by atoms with Gasteiger partial charge in [-0.05, 0) is 19.1 Å². The molecule has 1 aromatic carbocycles. The van der Waals surface area contributed by atoms with Gasteiger partial charge >= 0.3 is 0 Å². The third kappa shape index (κ3) is 2.15. The molecule has 0 radical (unpaired) electrons. The topological polar surface area (TPSA) is 89.4 Å².